The van der Waals surface area contributed by atoms with Crippen LogP contribution in [-0.2, 0) is 26.2 Å². The number of nitrogens with zero attached hydrogens (tertiary/aromatic N) is 2. The number of nitrogens with one attached hydrogen (secondary N) is 1. The molecule has 8 nitrogen and oxygen atoms in total. The molecule has 0 aliphatic heterocycles. The second kappa shape index (κ2) is 14.4. The zero-order valence-corrected chi connectivity index (χ0v) is 25.8. The van der Waals surface area contributed by atoms with Crippen LogP contribution in [-0.4, -0.2) is 51.4 Å². The molecule has 1 atom stereocenters. The number of amides is 2. The predicted molar refractivity (Wildman–Crippen MR) is 163 cm³/mol. The fourth-order valence-electron chi connectivity index (χ4n) is 4.19. The Morgan fingerprint density at radius 2 is 1.63 bits per heavy atom. The molecule has 1 N–H and O–H groups in total. The molecule has 3 rings (SSSR count). The Balaban J connectivity index is 2.02. The first-order chi connectivity index (χ1) is 19.5. The number of halogens is 1. The monoisotopic (exact) mass is 599 g/mol. The summed E-state index contributed by atoms with van der Waals surface area (Å²) in [4.78, 5) is 28.5. The van der Waals surface area contributed by atoms with E-state index in [1.54, 1.807) is 38.3 Å². The summed E-state index contributed by atoms with van der Waals surface area (Å²) in [6, 6.07) is 17.4. The van der Waals surface area contributed by atoms with Gasteiger partial charge in [0, 0.05) is 18.1 Å². The Labute approximate surface area is 248 Å². The number of hydrogen-bond donors (Lipinski definition) is 1. The zero-order chi connectivity index (χ0) is 30.2. The molecular weight excluding hydrogens is 562 g/mol. The third-order valence-electron chi connectivity index (χ3n) is 6.97. The van der Waals surface area contributed by atoms with Gasteiger partial charge in [-0.15, -0.1) is 0 Å². The highest BCUT2D eigenvalue weighted by Gasteiger charge is 2.32. The molecule has 0 aliphatic carbocycles. The quantitative estimate of drug-likeness (QED) is 0.262. The first-order valence-corrected chi connectivity index (χ1v) is 15.4. The molecule has 0 saturated heterocycles. The van der Waals surface area contributed by atoms with Gasteiger partial charge in [-0.3, -0.25) is 13.9 Å². The third kappa shape index (κ3) is 8.24. The number of unbranched alkanes of at least 4 members (excludes halogenated alkanes) is 1. The fourth-order valence-corrected chi connectivity index (χ4v) is 5.72. The smallest absolute Gasteiger partial charge is 0.264 e. The van der Waals surface area contributed by atoms with Gasteiger partial charge in [-0.25, -0.2) is 8.42 Å². The van der Waals surface area contributed by atoms with E-state index in [4.69, 9.17) is 16.3 Å². The van der Waals surface area contributed by atoms with Gasteiger partial charge in [-0.2, -0.15) is 0 Å². The lowest BCUT2D eigenvalue weighted by Gasteiger charge is -2.32. The van der Waals surface area contributed by atoms with E-state index < -0.39 is 28.5 Å². The molecule has 3 aromatic carbocycles. The Kier molecular flexibility index (Phi) is 11.2. The number of aryl methyl sites for hydroxylation is 2. The summed E-state index contributed by atoms with van der Waals surface area (Å²) < 4.78 is 34.2. The lowest BCUT2D eigenvalue weighted by atomic mass is 10.1. The van der Waals surface area contributed by atoms with Crippen molar-refractivity contribution in [1.29, 1.82) is 0 Å². The average Bonchev–Trinajstić information content (AvgIpc) is 2.96. The van der Waals surface area contributed by atoms with Crippen LogP contribution in [0, 0.1) is 13.8 Å². The number of ether oxygens (including phenoxy) is 1. The molecule has 10 heteroatoms. The van der Waals surface area contributed by atoms with E-state index in [9.17, 15) is 18.0 Å². The molecule has 3 aromatic rings. The van der Waals surface area contributed by atoms with Crippen LogP contribution in [0.5, 0.6) is 5.75 Å². The van der Waals surface area contributed by atoms with Gasteiger partial charge in [0.05, 0.1) is 17.7 Å². The number of benzene rings is 3. The molecule has 220 valence electrons. The maximum atomic E-state index is 14.0. The number of carbonyl (C=O) groups is 2. The first-order valence-electron chi connectivity index (χ1n) is 13.5. The summed E-state index contributed by atoms with van der Waals surface area (Å²) in [7, 11) is -2.60. The number of hydrogen-bond acceptors (Lipinski definition) is 5. The van der Waals surface area contributed by atoms with Crippen molar-refractivity contribution in [2.45, 2.75) is 58.0 Å². The molecule has 0 radical (unpaired) electrons. The Hall–Kier alpha value is -3.56. The maximum absolute atomic E-state index is 14.0. The molecule has 0 bridgehead atoms. The molecule has 0 aliphatic rings. The van der Waals surface area contributed by atoms with Crippen LogP contribution in [0.1, 0.15) is 43.4 Å². The van der Waals surface area contributed by atoms with Crippen molar-refractivity contribution in [3.05, 3.63) is 88.4 Å². The van der Waals surface area contributed by atoms with Gasteiger partial charge < -0.3 is 15.0 Å². The minimum absolute atomic E-state index is 0.00000962. The lowest BCUT2D eigenvalue weighted by Crippen LogP contribution is -2.51. The minimum Gasteiger partial charge on any atom is -0.497 e. The summed E-state index contributed by atoms with van der Waals surface area (Å²) in [5, 5.41) is 3.28. The van der Waals surface area contributed by atoms with Gasteiger partial charge in [0.1, 0.15) is 18.3 Å². The van der Waals surface area contributed by atoms with Crippen molar-refractivity contribution in [2.75, 3.05) is 24.5 Å². The SMILES string of the molecule is CCCCNC(=O)C(C)N(Cc1ccc(OC)cc1)C(=O)CN(c1ccc(C)c(C)c1)S(=O)(=O)c1ccc(Cl)cc1. The molecule has 0 aromatic heterocycles. The van der Waals surface area contributed by atoms with Gasteiger partial charge in [0.2, 0.25) is 11.8 Å². The van der Waals surface area contributed by atoms with E-state index in [-0.39, 0.29) is 17.3 Å². The highest BCUT2D eigenvalue weighted by Crippen LogP contribution is 2.27. The number of rotatable bonds is 13. The number of anilines is 1. The summed E-state index contributed by atoms with van der Waals surface area (Å²) in [5.74, 6) is -0.166. The molecule has 41 heavy (non-hydrogen) atoms. The molecule has 2 amide bonds. The third-order valence-corrected chi connectivity index (χ3v) is 9.01. The van der Waals surface area contributed by atoms with E-state index in [0.717, 1.165) is 33.8 Å². The summed E-state index contributed by atoms with van der Waals surface area (Å²) in [5.41, 5.74) is 2.99. The standard InChI is InChI=1S/C31H38ClN3O5S/c1-6-7-18-33-31(37)24(4)34(20-25-9-14-28(40-5)15-10-25)30(36)21-35(27-13-8-22(2)23(3)19-27)41(38,39)29-16-11-26(32)12-17-29/h8-17,19,24H,6-7,18,20-21H2,1-5H3,(H,33,37). The van der Waals surface area contributed by atoms with Gasteiger partial charge in [0.15, 0.2) is 0 Å². The van der Waals surface area contributed by atoms with Gasteiger partial charge >= 0.3 is 0 Å². The Bertz CT molecular complexity index is 1440. The Morgan fingerprint density at radius 3 is 2.22 bits per heavy atom. The molecule has 0 fully saturated rings. The van der Waals surface area contributed by atoms with Gasteiger partial charge in [0.25, 0.3) is 10.0 Å². The first kappa shape index (κ1) is 32.0. The molecule has 0 spiro atoms. The van der Waals surface area contributed by atoms with Crippen LogP contribution in [0.15, 0.2) is 71.6 Å². The van der Waals surface area contributed by atoms with Crippen molar-refractivity contribution in [3.63, 3.8) is 0 Å². The van der Waals surface area contributed by atoms with Crippen LogP contribution < -0.4 is 14.4 Å². The molecule has 1 unspecified atom stereocenters. The summed E-state index contributed by atoms with van der Waals surface area (Å²) in [6.45, 7) is 7.58. The second-order valence-corrected chi connectivity index (χ2v) is 12.2. The van der Waals surface area contributed by atoms with Crippen molar-refractivity contribution in [1.82, 2.24) is 10.2 Å². The van der Waals surface area contributed by atoms with Crippen LogP contribution in [0.3, 0.4) is 0 Å². The van der Waals surface area contributed by atoms with Crippen LogP contribution in [0.2, 0.25) is 5.02 Å². The number of sulfonamides is 1. The van der Waals surface area contributed by atoms with Gasteiger partial charge in [-0.1, -0.05) is 43.1 Å². The van der Waals surface area contributed by atoms with E-state index in [1.807, 2.05) is 39.0 Å². The van der Waals surface area contributed by atoms with E-state index >= 15 is 0 Å². The second-order valence-electron chi connectivity index (χ2n) is 9.92. The minimum atomic E-state index is -4.16. The van der Waals surface area contributed by atoms with E-state index in [2.05, 4.69) is 5.32 Å². The van der Waals surface area contributed by atoms with E-state index in [0.29, 0.717) is 23.0 Å². The topological polar surface area (TPSA) is 96.0 Å². The maximum Gasteiger partial charge on any atom is 0.264 e. The molecule has 0 heterocycles. The van der Waals surface area contributed by atoms with Crippen molar-refractivity contribution in [2.24, 2.45) is 0 Å². The fraction of sp³-hybridized carbons (Fsp3) is 0.355. The molecule has 0 saturated carbocycles. The van der Waals surface area contributed by atoms with Crippen LogP contribution in [0.4, 0.5) is 5.69 Å². The Morgan fingerprint density at radius 1 is 0.976 bits per heavy atom. The zero-order valence-electron chi connectivity index (χ0n) is 24.2. The van der Waals surface area contributed by atoms with Crippen molar-refractivity contribution >= 4 is 39.1 Å². The number of methoxy groups -OCH3 is 1. The van der Waals surface area contributed by atoms with E-state index in [1.165, 1.54) is 29.2 Å². The highest BCUT2D eigenvalue weighted by molar-refractivity contribution is 7.92. The average molecular weight is 600 g/mol. The van der Waals surface area contributed by atoms with Crippen LogP contribution in [0.25, 0.3) is 0 Å². The highest BCUT2D eigenvalue weighted by atomic mass is 35.5. The van der Waals surface area contributed by atoms with Crippen molar-refractivity contribution < 1.29 is 22.7 Å². The molecular formula is C31H38ClN3O5S. The van der Waals surface area contributed by atoms with Crippen LogP contribution >= 0.6 is 11.6 Å². The predicted octanol–water partition coefficient (Wildman–Crippen LogP) is 5.49. The normalized spacial score (nSPS) is 12.0. The summed E-state index contributed by atoms with van der Waals surface area (Å²) >= 11 is 6.01. The largest absolute Gasteiger partial charge is 0.497 e. The van der Waals surface area contributed by atoms with Gasteiger partial charge in [-0.05, 0) is 92.4 Å². The lowest BCUT2D eigenvalue weighted by molar-refractivity contribution is -0.139. The number of carbonyl (C=O) groups excluding carboxylic acids is 2. The summed E-state index contributed by atoms with van der Waals surface area (Å²) in [6.07, 6.45) is 1.72. The van der Waals surface area contributed by atoms with Crippen molar-refractivity contribution in [3.8, 4) is 5.75 Å².